The highest BCUT2D eigenvalue weighted by atomic mass is 32.1. The summed E-state index contributed by atoms with van der Waals surface area (Å²) in [5, 5.41) is 10.5. The van der Waals surface area contributed by atoms with Gasteiger partial charge in [0.1, 0.15) is 11.6 Å². The zero-order valence-electron chi connectivity index (χ0n) is 13.5. The lowest BCUT2D eigenvalue weighted by Gasteiger charge is -2.36. The van der Waals surface area contributed by atoms with E-state index in [9.17, 15) is 14.3 Å². The van der Waals surface area contributed by atoms with Crippen molar-refractivity contribution >= 4 is 33.0 Å². The second-order valence-corrected chi connectivity index (χ2v) is 7.11. The maximum Gasteiger partial charge on any atom is 0.264 e. The van der Waals surface area contributed by atoms with Gasteiger partial charge in [-0.05, 0) is 30.3 Å². The van der Waals surface area contributed by atoms with Crippen molar-refractivity contribution < 1.29 is 14.3 Å². The summed E-state index contributed by atoms with van der Waals surface area (Å²) < 4.78 is 14.6. The molecule has 1 N–H and O–H groups in total. The highest BCUT2D eigenvalue weighted by molar-refractivity contribution is 7.20. The van der Waals surface area contributed by atoms with Crippen LogP contribution >= 0.6 is 11.3 Å². The number of halogens is 1. The Balaban J connectivity index is 1.49. The van der Waals surface area contributed by atoms with E-state index < -0.39 is 0 Å². The molecule has 0 aliphatic carbocycles. The molecule has 1 saturated heterocycles. The number of fused-ring (bicyclic) bond motifs is 1. The third-order valence-electron chi connectivity index (χ3n) is 4.51. The van der Waals surface area contributed by atoms with Gasteiger partial charge in [0.2, 0.25) is 0 Å². The molecule has 4 nitrogen and oxygen atoms in total. The standard InChI is InChI=1S/C19H17FN2O2S/c20-14-4-3-7-17-13(14)12-18(25-17)19(24)22-10-8-21(9-11-22)15-5-1-2-6-16(15)23/h1-7,12,23H,8-11H2. The predicted molar refractivity (Wildman–Crippen MR) is 98.0 cm³/mol. The lowest BCUT2D eigenvalue weighted by atomic mass is 10.2. The topological polar surface area (TPSA) is 43.8 Å². The molecule has 1 amide bonds. The van der Waals surface area contributed by atoms with Gasteiger partial charge >= 0.3 is 0 Å². The number of thiophene rings is 1. The quantitative estimate of drug-likeness (QED) is 0.761. The van der Waals surface area contributed by atoms with Gasteiger partial charge in [0.25, 0.3) is 5.91 Å². The van der Waals surface area contributed by atoms with Crippen molar-refractivity contribution in [2.45, 2.75) is 0 Å². The van der Waals surface area contributed by atoms with Crippen molar-refractivity contribution in [1.82, 2.24) is 4.90 Å². The van der Waals surface area contributed by atoms with Crippen LogP contribution in [0, 0.1) is 5.82 Å². The lowest BCUT2D eigenvalue weighted by Crippen LogP contribution is -2.48. The first kappa shape index (κ1) is 15.9. The first-order valence-corrected chi connectivity index (χ1v) is 8.95. The first-order chi connectivity index (χ1) is 12.1. The Hall–Kier alpha value is -2.60. The van der Waals surface area contributed by atoms with Crippen LogP contribution in [0.15, 0.2) is 48.5 Å². The Morgan fingerprint density at radius 2 is 1.80 bits per heavy atom. The molecule has 1 fully saturated rings. The minimum Gasteiger partial charge on any atom is -0.506 e. The molecule has 0 saturated carbocycles. The molecule has 0 spiro atoms. The Labute approximate surface area is 148 Å². The summed E-state index contributed by atoms with van der Waals surface area (Å²) in [4.78, 5) is 17.2. The molecule has 2 heterocycles. The van der Waals surface area contributed by atoms with Crippen molar-refractivity contribution in [3.05, 3.63) is 59.2 Å². The number of amides is 1. The molecule has 0 unspecified atom stereocenters. The average Bonchev–Trinajstić information content (AvgIpc) is 3.07. The third kappa shape index (κ3) is 2.93. The van der Waals surface area contributed by atoms with E-state index in [1.807, 2.05) is 18.2 Å². The zero-order chi connectivity index (χ0) is 17.4. The normalized spacial score (nSPS) is 14.9. The lowest BCUT2D eigenvalue weighted by molar-refractivity contribution is 0.0751. The van der Waals surface area contributed by atoms with Crippen molar-refractivity contribution in [2.75, 3.05) is 31.1 Å². The highest BCUT2D eigenvalue weighted by Crippen LogP contribution is 2.30. The smallest absolute Gasteiger partial charge is 0.264 e. The SMILES string of the molecule is O=C(c1cc2c(F)cccc2s1)N1CCN(c2ccccc2O)CC1. The highest BCUT2D eigenvalue weighted by Gasteiger charge is 2.24. The zero-order valence-corrected chi connectivity index (χ0v) is 14.3. The molecule has 0 bridgehead atoms. The van der Waals surface area contributed by atoms with Gasteiger partial charge in [0, 0.05) is 36.3 Å². The van der Waals surface area contributed by atoms with Gasteiger partial charge in [0.05, 0.1) is 10.6 Å². The van der Waals surface area contributed by atoms with Crippen molar-refractivity contribution in [1.29, 1.82) is 0 Å². The number of benzene rings is 2. The van der Waals surface area contributed by atoms with E-state index in [4.69, 9.17) is 0 Å². The number of carbonyl (C=O) groups is 1. The van der Waals surface area contributed by atoms with Crippen LogP contribution < -0.4 is 4.90 Å². The Morgan fingerprint density at radius 3 is 2.52 bits per heavy atom. The van der Waals surface area contributed by atoms with E-state index in [0.717, 1.165) is 10.4 Å². The molecule has 0 radical (unpaired) electrons. The maximum absolute atomic E-state index is 13.8. The van der Waals surface area contributed by atoms with Crippen LogP contribution in [0.1, 0.15) is 9.67 Å². The summed E-state index contributed by atoms with van der Waals surface area (Å²) in [5.41, 5.74) is 0.790. The van der Waals surface area contributed by atoms with Crippen LogP contribution in [0.3, 0.4) is 0 Å². The van der Waals surface area contributed by atoms with Crippen molar-refractivity contribution in [3.8, 4) is 5.75 Å². The van der Waals surface area contributed by atoms with Crippen LogP contribution in [-0.4, -0.2) is 42.1 Å². The first-order valence-electron chi connectivity index (χ1n) is 8.14. The van der Waals surface area contributed by atoms with E-state index in [2.05, 4.69) is 4.90 Å². The minimum atomic E-state index is -0.294. The number of carbonyl (C=O) groups excluding carboxylic acids is 1. The maximum atomic E-state index is 13.8. The number of phenols is 1. The number of hydrogen-bond acceptors (Lipinski definition) is 4. The summed E-state index contributed by atoms with van der Waals surface area (Å²) in [6.07, 6.45) is 0. The van der Waals surface area contributed by atoms with Crippen molar-refractivity contribution in [2.24, 2.45) is 0 Å². The number of piperazine rings is 1. The van der Waals surface area contributed by atoms with Crippen LogP contribution in [0.4, 0.5) is 10.1 Å². The van der Waals surface area contributed by atoms with E-state index in [1.165, 1.54) is 17.4 Å². The molecule has 2 aromatic carbocycles. The predicted octanol–water partition coefficient (Wildman–Crippen LogP) is 3.71. The van der Waals surface area contributed by atoms with Gasteiger partial charge in [0.15, 0.2) is 0 Å². The molecule has 0 atom stereocenters. The second kappa shape index (κ2) is 6.37. The van der Waals surface area contributed by atoms with Crippen LogP contribution in [0.2, 0.25) is 0 Å². The summed E-state index contributed by atoms with van der Waals surface area (Å²) in [7, 11) is 0. The largest absolute Gasteiger partial charge is 0.506 e. The number of hydrogen-bond donors (Lipinski definition) is 1. The number of nitrogens with zero attached hydrogens (tertiary/aromatic N) is 2. The van der Waals surface area contributed by atoms with E-state index >= 15 is 0 Å². The van der Waals surface area contributed by atoms with Gasteiger partial charge in [-0.1, -0.05) is 18.2 Å². The molecule has 6 heteroatoms. The number of rotatable bonds is 2. The van der Waals surface area contributed by atoms with Gasteiger partial charge in [-0.3, -0.25) is 4.79 Å². The third-order valence-corrected chi connectivity index (χ3v) is 5.60. The fourth-order valence-corrected chi connectivity index (χ4v) is 4.21. The summed E-state index contributed by atoms with van der Waals surface area (Å²) in [6.45, 7) is 2.46. The van der Waals surface area contributed by atoms with Crippen LogP contribution in [0.5, 0.6) is 5.75 Å². The molecule has 1 aromatic heterocycles. The van der Waals surface area contributed by atoms with E-state index in [1.54, 1.807) is 29.2 Å². The minimum absolute atomic E-state index is 0.0578. The molecule has 1 aliphatic rings. The van der Waals surface area contributed by atoms with E-state index in [-0.39, 0.29) is 17.5 Å². The molecular formula is C19H17FN2O2S. The molecular weight excluding hydrogens is 339 g/mol. The number of aromatic hydroxyl groups is 1. The number of phenolic OH excluding ortho intramolecular Hbond substituents is 1. The number of anilines is 1. The Kier molecular flexibility index (Phi) is 4.05. The molecule has 25 heavy (non-hydrogen) atoms. The monoisotopic (exact) mass is 356 g/mol. The van der Waals surface area contributed by atoms with E-state index in [0.29, 0.717) is 36.4 Å². The second-order valence-electron chi connectivity index (χ2n) is 6.03. The van der Waals surface area contributed by atoms with Crippen LogP contribution in [-0.2, 0) is 0 Å². The molecule has 128 valence electrons. The Morgan fingerprint density at radius 1 is 1.04 bits per heavy atom. The van der Waals surface area contributed by atoms with Gasteiger partial charge in [-0.15, -0.1) is 11.3 Å². The fourth-order valence-electron chi connectivity index (χ4n) is 3.17. The summed E-state index contributed by atoms with van der Waals surface area (Å²) in [6, 6.07) is 13.8. The van der Waals surface area contributed by atoms with Gasteiger partial charge in [-0.2, -0.15) is 0 Å². The number of para-hydroxylation sites is 2. The van der Waals surface area contributed by atoms with Crippen LogP contribution in [0.25, 0.3) is 10.1 Å². The van der Waals surface area contributed by atoms with Gasteiger partial charge < -0.3 is 14.9 Å². The fraction of sp³-hybridized carbons (Fsp3) is 0.211. The van der Waals surface area contributed by atoms with Gasteiger partial charge in [-0.25, -0.2) is 4.39 Å². The summed E-state index contributed by atoms with van der Waals surface area (Å²) >= 11 is 1.33. The molecule has 4 rings (SSSR count). The molecule has 1 aliphatic heterocycles. The Bertz CT molecular complexity index is 932. The molecule has 3 aromatic rings. The average molecular weight is 356 g/mol. The summed E-state index contributed by atoms with van der Waals surface area (Å²) in [5.74, 6) is -0.100. The van der Waals surface area contributed by atoms with Crippen molar-refractivity contribution in [3.63, 3.8) is 0 Å².